The fourth-order valence-electron chi connectivity index (χ4n) is 3.51. The van der Waals surface area contributed by atoms with Crippen LogP contribution in [0.15, 0.2) is 55.1 Å². The Labute approximate surface area is 153 Å². The van der Waals surface area contributed by atoms with Crippen molar-refractivity contribution in [1.82, 2.24) is 4.98 Å². The molecule has 2 N–H and O–H groups in total. The molecule has 4 rings (SSSR count). The lowest BCUT2D eigenvalue weighted by Gasteiger charge is -2.09. The normalized spacial score (nSPS) is 14.4. The number of carbonyl (C=O) groups is 1. The van der Waals surface area contributed by atoms with Crippen LogP contribution in [0, 0.1) is 13.8 Å². The second-order valence-electron chi connectivity index (χ2n) is 6.64. The summed E-state index contributed by atoms with van der Waals surface area (Å²) in [5, 5.41) is 2.99. The predicted molar refractivity (Wildman–Crippen MR) is 109 cm³/mol. The maximum atomic E-state index is 12.7. The first-order valence-corrected chi connectivity index (χ1v) is 8.62. The zero-order valence-corrected chi connectivity index (χ0v) is 14.9. The van der Waals surface area contributed by atoms with Gasteiger partial charge in [-0.25, -0.2) is 0 Å². The Morgan fingerprint density at radius 3 is 2.62 bits per heavy atom. The van der Waals surface area contributed by atoms with Gasteiger partial charge in [0.2, 0.25) is 0 Å². The maximum Gasteiger partial charge on any atom is 0.256 e. The van der Waals surface area contributed by atoms with Crippen LogP contribution < -0.4 is 5.32 Å². The number of hydrogen-bond donors (Lipinski definition) is 2. The number of aryl methyl sites for hydroxylation is 2. The second-order valence-corrected chi connectivity index (χ2v) is 6.64. The topological polar surface area (TPSA) is 44.9 Å². The van der Waals surface area contributed by atoms with E-state index in [4.69, 9.17) is 0 Å². The highest BCUT2D eigenvalue weighted by atomic mass is 16.2. The monoisotopic (exact) mass is 340 g/mol. The van der Waals surface area contributed by atoms with Gasteiger partial charge in [0.05, 0.1) is 5.57 Å². The fraction of sp³-hybridized carbons (Fsp3) is 0.0870. The Kier molecular flexibility index (Phi) is 3.85. The first-order valence-electron chi connectivity index (χ1n) is 8.62. The van der Waals surface area contributed by atoms with Crippen molar-refractivity contribution in [2.24, 2.45) is 0 Å². The molecule has 0 bridgehead atoms. The lowest BCUT2D eigenvalue weighted by Crippen LogP contribution is -2.03. The molecule has 1 aromatic heterocycles. The number of amides is 1. The van der Waals surface area contributed by atoms with Gasteiger partial charge in [-0.1, -0.05) is 54.6 Å². The molecular weight excluding hydrogens is 320 g/mol. The van der Waals surface area contributed by atoms with Crippen molar-refractivity contribution in [3.05, 3.63) is 83.2 Å². The highest BCUT2D eigenvalue weighted by molar-refractivity contribution is 6.36. The Morgan fingerprint density at radius 1 is 1.04 bits per heavy atom. The minimum absolute atomic E-state index is 0.0811. The van der Waals surface area contributed by atoms with E-state index >= 15 is 0 Å². The number of hydrogen-bond acceptors (Lipinski definition) is 1. The molecule has 0 unspecified atom stereocenters. The van der Waals surface area contributed by atoms with Gasteiger partial charge in [0.25, 0.3) is 5.91 Å². The van der Waals surface area contributed by atoms with E-state index in [-0.39, 0.29) is 5.91 Å². The van der Waals surface area contributed by atoms with Crippen LogP contribution in [-0.4, -0.2) is 10.9 Å². The molecule has 1 aliphatic rings. The largest absolute Gasteiger partial charge is 0.359 e. The second kappa shape index (κ2) is 6.19. The molecule has 0 saturated heterocycles. The number of aromatic nitrogens is 1. The lowest BCUT2D eigenvalue weighted by atomic mass is 9.93. The molecule has 128 valence electrons. The Hall–Kier alpha value is -3.33. The minimum Gasteiger partial charge on any atom is -0.359 e. The summed E-state index contributed by atoms with van der Waals surface area (Å²) in [7, 11) is 0. The summed E-state index contributed by atoms with van der Waals surface area (Å²) < 4.78 is 0. The van der Waals surface area contributed by atoms with Crippen molar-refractivity contribution in [1.29, 1.82) is 0 Å². The van der Waals surface area contributed by atoms with Crippen LogP contribution in [0.3, 0.4) is 0 Å². The highest BCUT2D eigenvalue weighted by Crippen LogP contribution is 2.40. The number of aromatic amines is 1. The summed E-state index contributed by atoms with van der Waals surface area (Å²) in [5.41, 5.74) is 8.75. The molecule has 3 heteroatoms. The van der Waals surface area contributed by atoms with Gasteiger partial charge in [-0.2, -0.15) is 0 Å². The van der Waals surface area contributed by atoms with Crippen LogP contribution in [0.4, 0.5) is 5.69 Å². The van der Waals surface area contributed by atoms with Crippen molar-refractivity contribution in [3.8, 4) is 11.1 Å². The fourth-order valence-corrected chi connectivity index (χ4v) is 3.51. The average Bonchev–Trinajstić information content (AvgIpc) is 3.14. The van der Waals surface area contributed by atoms with Gasteiger partial charge in [-0.05, 0) is 48.7 Å². The number of fused-ring (bicyclic) bond motifs is 1. The van der Waals surface area contributed by atoms with Crippen LogP contribution in [0.25, 0.3) is 28.9 Å². The number of nitrogens with one attached hydrogen (secondary N) is 2. The Bertz CT molecular complexity index is 1070. The summed E-state index contributed by atoms with van der Waals surface area (Å²) >= 11 is 0. The third-order valence-corrected chi connectivity index (χ3v) is 4.68. The van der Waals surface area contributed by atoms with E-state index in [1.807, 2.05) is 37.3 Å². The van der Waals surface area contributed by atoms with Crippen molar-refractivity contribution in [2.45, 2.75) is 13.8 Å². The van der Waals surface area contributed by atoms with Gasteiger partial charge in [-0.3, -0.25) is 4.79 Å². The summed E-state index contributed by atoms with van der Waals surface area (Å²) in [6.07, 6.45) is 3.72. The van der Waals surface area contributed by atoms with E-state index in [9.17, 15) is 4.79 Å². The van der Waals surface area contributed by atoms with Crippen LogP contribution >= 0.6 is 0 Å². The van der Waals surface area contributed by atoms with Crippen molar-refractivity contribution < 1.29 is 4.79 Å². The first kappa shape index (κ1) is 16.2. The molecule has 0 fully saturated rings. The predicted octanol–water partition coefficient (Wildman–Crippen LogP) is 5.43. The molecule has 0 aliphatic carbocycles. The first-order chi connectivity index (χ1) is 12.6. The molecule has 3 aromatic rings. The number of benzene rings is 2. The quantitative estimate of drug-likeness (QED) is 0.613. The molecule has 3 nitrogen and oxygen atoms in total. The molecular formula is C23H20N2O. The maximum absolute atomic E-state index is 12.7. The average molecular weight is 340 g/mol. The molecule has 1 aliphatic heterocycles. The van der Waals surface area contributed by atoms with Crippen LogP contribution in [0.1, 0.15) is 28.1 Å². The third kappa shape index (κ3) is 2.68. The van der Waals surface area contributed by atoms with Gasteiger partial charge in [-0.15, -0.1) is 0 Å². The van der Waals surface area contributed by atoms with Crippen molar-refractivity contribution in [3.63, 3.8) is 0 Å². The van der Waals surface area contributed by atoms with Gasteiger partial charge >= 0.3 is 0 Å². The van der Waals surface area contributed by atoms with Gasteiger partial charge in [0.15, 0.2) is 0 Å². The van der Waals surface area contributed by atoms with Crippen LogP contribution in [0.5, 0.6) is 0 Å². The highest BCUT2D eigenvalue weighted by Gasteiger charge is 2.27. The van der Waals surface area contributed by atoms with Gasteiger partial charge in [0.1, 0.15) is 0 Å². The summed E-state index contributed by atoms with van der Waals surface area (Å²) in [5.74, 6) is -0.0811. The van der Waals surface area contributed by atoms with Crippen LogP contribution in [0.2, 0.25) is 0 Å². The van der Waals surface area contributed by atoms with E-state index in [1.165, 1.54) is 5.56 Å². The molecule has 1 amide bonds. The molecule has 0 saturated carbocycles. The number of carbonyl (C=O) groups excluding carboxylic acids is 1. The zero-order valence-electron chi connectivity index (χ0n) is 14.9. The Balaban J connectivity index is 1.93. The zero-order chi connectivity index (χ0) is 18.3. The summed E-state index contributed by atoms with van der Waals surface area (Å²) in [6, 6.07) is 16.4. The molecule has 0 radical (unpaired) electrons. The molecule has 0 spiro atoms. The summed E-state index contributed by atoms with van der Waals surface area (Å²) in [6.45, 7) is 7.94. The number of H-pyrrole nitrogens is 1. The Morgan fingerprint density at radius 2 is 1.85 bits per heavy atom. The van der Waals surface area contributed by atoms with Gasteiger partial charge < -0.3 is 10.3 Å². The minimum atomic E-state index is -0.0811. The SMILES string of the molecule is C=Cc1cc(C)[nH]c1/C=C1\C(=O)Nc2cccc(-c3cccc(C)c3)c21. The number of anilines is 1. The molecule has 2 heterocycles. The van der Waals surface area contributed by atoms with Gasteiger partial charge in [0, 0.05) is 22.6 Å². The summed E-state index contributed by atoms with van der Waals surface area (Å²) in [4.78, 5) is 16.0. The molecule has 26 heavy (non-hydrogen) atoms. The lowest BCUT2D eigenvalue weighted by molar-refractivity contribution is -0.110. The third-order valence-electron chi connectivity index (χ3n) is 4.68. The smallest absolute Gasteiger partial charge is 0.256 e. The van der Waals surface area contributed by atoms with Crippen molar-refractivity contribution >= 4 is 29.3 Å². The van der Waals surface area contributed by atoms with E-state index < -0.39 is 0 Å². The van der Waals surface area contributed by atoms with E-state index in [1.54, 1.807) is 6.08 Å². The molecule has 0 atom stereocenters. The standard InChI is InChI=1S/C23H20N2O/c1-4-16-12-15(3)24-21(16)13-19-22-18(17-8-5-7-14(2)11-17)9-6-10-20(22)25-23(19)26/h4-13,24H,1H2,2-3H3,(H,25,26)/b19-13-. The van der Waals surface area contributed by atoms with Crippen molar-refractivity contribution in [2.75, 3.05) is 5.32 Å². The van der Waals surface area contributed by atoms with E-state index in [2.05, 4.69) is 48.1 Å². The van der Waals surface area contributed by atoms with E-state index in [0.717, 1.165) is 39.3 Å². The van der Waals surface area contributed by atoms with Crippen LogP contribution in [-0.2, 0) is 4.79 Å². The molecule has 2 aromatic carbocycles. The van der Waals surface area contributed by atoms with E-state index in [0.29, 0.717) is 5.57 Å². The number of rotatable bonds is 3.